The molecule has 2 aromatic carbocycles. The minimum absolute atomic E-state index is 0.146. The molecule has 2 amide bonds. The number of imide groups is 1. The van der Waals surface area contributed by atoms with Crippen molar-refractivity contribution in [3.05, 3.63) is 76.3 Å². The second kappa shape index (κ2) is 6.77. The van der Waals surface area contributed by atoms with Crippen LogP contribution in [0, 0.1) is 6.92 Å². The smallest absolute Gasteiger partial charge is 0.359 e. The van der Waals surface area contributed by atoms with Gasteiger partial charge in [0, 0.05) is 10.9 Å². The lowest BCUT2D eigenvalue weighted by molar-refractivity contribution is 0.0224. The SMILES string of the molecule is Cc1ccc(-c2nc(C(=O)OCN3C(=O)c4ccccc4C3=O)cs2)cc1. The molecule has 0 saturated heterocycles. The van der Waals surface area contributed by atoms with Crippen LogP contribution in [-0.2, 0) is 4.74 Å². The average molecular weight is 378 g/mol. The molecule has 6 nitrogen and oxygen atoms in total. The van der Waals surface area contributed by atoms with Crippen LogP contribution in [0.1, 0.15) is 36.8 Å². The van der Waals surface area contributed by atoms with E-state index >= 15 is 0 Å². The van der Waals surface area contributed by atoms with Crippen molar-refractivity contribution in [3.63, 3.8) is 0 Å². The van der Waals surface area contributed by atoms with Gasteiger partial charge in [0.05, 0.1) is 11.1 Å². The molecule has 0 atom stereocenters. The fourth-order valence-electron chi connectivity index (χ4n) is 2.75. The van der Waals surface area contributed by atoms with Gasteiger partial charge in [0.15, 0.2) is 12.4 Å². The Hall–Kier alpha value is -3.32. The number of ether oxygens (including phenoxy) is 1. The molecule has 0 saturated carbocycles. The van der Waals surface area contributed by atoms with Gasteiger partial charge in [-0.25, -0.2) is 14.7 Å². The third-order valence-electron chi connectivity index (χ3n) is 4.21. The molecule has 0 N–H and O–H groups in total. The summed E-state index contributed by atoms with van der Waals surface area (Å²) in [5.74, 6) is -1.62. The Morgan fingerprint density at radius 2 is 1.67 bits per heavy atom. The Balaban J connectivity index is 1.44. The van der Waals surface area contributed by atoms with Gasteiger partial charge in [0.2, 0.25) is 0 Å². The zero-order valence-corrected chi connectivity index (χ0v) is 15.2. The Labute approximate surface area is 159 Å². The van der Waals surface area contributed by atoms with Crippen LogP contribution in [0.5, 0.6) is 0 Å². The fourth-order valence-corrected chi connectivity index (χ4v) is 3.55. The van der Waals surface area contributed by atoms with E-state index in [0.717, 1.165) is 16.0 Å². The molecule has 2 heterocycles. The van der Waals surface area contributed by atoms with Crippen molar-refractivity contribution in [1.29, 1.82) is 0 Å². The highest BCUT2D eigenvalue weighted by Gasteiger charge is 2.35. The molecule has 0 bridgehead atoms. The minimum atomic E-state index is -0.679. The molecule has 0 radical (unpaired) electrons. The van der Waals surface area contributed by atoms with E-state index in [4.69, 9.17) is 4.74 Å². The van der Waals surface area contributed by atoms with Crippen molar-refractivity contribution in [2.75, 3.05) is 6.73 Å². The number of fused-ring (bicyclic) bond motifs is 1. The largest absolute Gasteiger partial charge is 0.439 e. The van der Waals surface area contributed by atoms with E-state index in [-0.39, 0.29) is 5.69 Å². The van der Waals surface area contributed by atoms with E-state index < -0.39 is 24.5 Å². The summed E-state index contributed by atoms with van der Waals surface area (Å²) >= 11 is 1.33. The second-order valence-electron chi connectivity index (χ2n) is 6.05. The van der Waals surface area contributed by atoms with Crippen molar-refractivity contribution in [1.82, 2.24) is 9.88 Å². The fraction of sp³-hybridized carbons (Fsp3) is 0.100. The Bertz CT molecular complexity index is 1020. The first kappa shape index (κ1) is 17.1. The second-order valence-corrected chi connectivity index (χ2v) is 6.91. The molecular weight excluding hydrogens is 364 g/mol. The van der Waals surface area contributed by atoms with Gasteiger partial charge in [0.25, 0.3) is 11.8 Å². The molecule has 0 spiro atoms. The average Bonchev–Trinajstić information content (AvgIpc) is 3.26. The first-order valence-electron chi connectivity index (χ1n) is 8.19. The highest BCUT2D eigenvalue weighted by molar-refractivity contribution is 7.13. The predicted octanol–water partition coefficient (Wildman–Crippen LogP) is 3.53. The number of hydrogen-bond acceptors (Lipinski definition) is 6. The summed E-state index contributed by atoms with van der Waals surface area (Å²) in [4.78, 5) is 42.0. The molecule has 1 aliphatic rings. The van der Waals surface area contributed by atoms with E-state index in [2.05, 4.69) is 4.98 Å². The molecule has 0 fully saturated rings. The summed E-state index contributed by atoms with van der Waals surface area (Å²) in [6, 6.07) is 14.3. The summed E-state index contributed by atoms with van der Waals surface area (Å²) < 4.78 is 5.14. The summed E-state index contributed by atoms with van der Waals surface area (Å²) in [5, 5.41) is 2.29. The Kier molecular flexibility index (Phi) is 4.29. The van der Waals surface area contributed by atoms with Crippen LogP contribution in [0.25, 0.3) is 10.6 Å². The monoisotopic (exact) mass is 378 g/mol. The normalized spacial score (nSPS) is 13.0. The van der Waals surface area contributed by atoms with Crippen molar-refractivity contribution in [2.24, 2.45) is 0 Å². The molecule has 7 heteroatoms. The number of thiazole rings is 1. The topological polar surface area (TPSA) is 76.6 Å². The number of carbonyl (C=O) groups excluding carboxylic acids is 3. The lowest BCUT2D eigenvalue weighted by atomic mass is 10.1. The molecule has 0 unspecified atom stereocenters. The third-order valence-corrected chi connectivity index (χ3v) is 5.11. The first-order valence-corrected chi connectivity index (χ1v) is 9.07. The number of aromatic nitrogens is 1. The minimum Gasteiger partial charge on any atom is -0.439 e. The Morgan fingerprint density at radius 1 is 1.04 bits per heavy atom. The van der Waals surface area contributed by atoms with Crippen molar-refractivity contribution < 1.29 is 19.1 Å². The third kappa shape index (κ3) is 3.13. The van der Waals surface area contributed by atoms with Gasteiger partial charge < -0.3 is 4.74 Å². The van der Waals surface area contributed by atoms with E-state index in [1.807, 2.05) is 31.2 Å². The van der Waals surface area contributed by atoms with E-state index in [9.17, 15) is 14.4 Å². The molecule has 1 aromatic heterocycles. The van der Waals surface area contributed by atoms with Crippen molar-refractivity contribution in [2.45, 2.75) is 6.92 Å². The number of rotatable bonds is 4. The maximum atomic E-state index is 12.3. The molecule has 0 aliphatic carbocycles. The van der Waals surface area contributed by atoms with Gasteiger partial charge in [-0.3, -0.25) is 9.59 Å². The van der Waals surface area contributed by atoms with Gasteiger partial charge >= 0.3 is 5.97 Å². The van der Waals surface area contributed by atoms with Gasteiger partial charge in [-0.1, -0.05) is 42.0 Å². The lowest BCUT2D eigenvalue weighted by Gasteiger charge is -2.13. The van der Waals surface area contributed by atoms with Crippen LogP contribution >= 0.6 is 11.3 Å². The standard InChI is InChI=1S/C20H14N2O4S/c1-12-6-8-13(9-7-12)17-21-16(10-27-17)20(25)26-11-22-18(23)14-4-2-3-5-15(14)19(22)24/h2-10H,11H2,1H3. The summed E-state index contributed by atoms with van der Waals surface area (Å²) in [6.07, 6.45) is 0. The maximum absolute atomic E-state index is 12.3. The molecule has 4 rings (SSSR count). The van der Waals surface area contributed by atoms with Crippen LogP contribution < -0.4 is 0 Å². The van der Waals surface area contributed by atoms with E-state index in [0.29, 0.717) is 16.1 Å². The lowest BCUT2D eigenvalue weighted by Crippen LogP contribution is -2.33. The number of esters is 1. The molecule has 27 heavy (non-hydrogen) atoms. The number of nitrogens with zero attached hydrogens (tertiary/aromatic N) is 2. The van der Waals surface area contributed by atoms with Crippen LogP contribution in [-0.4, -0.2) is 34.4 Å². The number of amides is 2. The maximum Gasteiger partial charge on any atom is 0.359 e. The molecule has 3 aromatic rings. The first-order chi connectivity index (χ1) is 13.0. The van der Waals surface area contributed by atoms with E-state index in [1.54, 1.807) is 29.6 Å². The number of aryl methyl sites for hydroxylation is 1. The van der Waals surface area contributed by atoms with Gasteiger partial charge in [-0.15, -0.1) is 11.3 Å². The van der Waals surface area contributed by atoms with Gasteiger partial charge in [-0.2, -0.15) is 0 Å². The van der Waals surface area contributed by atoms with Crippen LogP contribution in [0.4, 0.5) is 0 Å². The highest BCUT2D eigenvalue weighted by Crippen LogP contribution is 2.25. The van der Waals surface area contributed by atoms with Crippen LogP contribution in [0.15, 0.2) is 53.9 Å². The Morgan fingerprint density at radius 3 is 2.30 bits per heavy atom. The zero-order valence-electron chi connectivity index (χ0n) is 14.3. The zero-order chi connectivity index (χ0) is 19.0. The van der Waals surface area contributed by atoms with Crippen molar-refractivity contribution in [3.8, 4) is 10.6 Å². The predicted molar refractivity (Wildman–Crippen MR) is 99.5 cm³/mol. The van der Waals surface area contributed by atoms with E-state index in [1.165, 1.54) is 11.3 Å². The van der Waals surface area contributed by atoms with Crippen LogP contribution in [0.2, 0.25) is 0 Å². The van der Waals surface area contributed by atoms with Gasteiger partial charge in [0.1, 0.15) is 5.01 Å². The summed E-state index contributed by atoms with van der Waals surface area (Å²) in [6.45, 7) is 1.55. The number of carbonyl (C=O) groups is 3. The number of benzene rings is 2. The number of hydrogen-bond donors (Lipinski definition) is 0. The molecular formula is C20H14N2O4S. The highest BCUT2D eigenvalue weighted by atomic mass is 32.1. The molecule has 1 aliphatic heterocycles. The van der Waals surface area contributed by atoms with Crippen molar-refractivity contribution >= 4 is 29.1 Å². The quantitative estimate of drug-likeness (QED) is 0.513. The van der Waals surface area contributed by atoms with Crippen LogP contribution in [0.3, 0.4) is 0 Å². The summed E-state index contributed by atoms with van der Waals surface area (Å²) in [5.41, 5.74) is 2.82. The van der Waals surface area contributed by atoms with Gasteiger partial charge in [-0.05, 0) is 19.1 Å². The molecule has 134 valence electrons. The summed E-state index contributed by atoms with van der Waals surface area (Å²) in [7, 11) is 0.